The summed E-state index contributed by atoms with van der Waals surface area (Å²) in [5.74, 6) is 1.67. The number of nitrogens with one attached hydrogen (secondary N) is 1. The zero-order valence-corrected chi connectivity index (χ0v) is 26.1. The monoisotopic (exact) mass is 639 g/mol. The molecule has 14 heteroatoms. The highest BCUT2D eigenvalue weighted by molar-refractivity contribution is 7.89. The number of fused-ring (bicyclic) bond motifs is 1. The Balaban J connectivity index is 1.44. The second-order valence-corrected chi connectivity index (χ2v) is 12.7. The Kier molecular flexibility index (Phi) is 11.1. The molecule has 0 aliphatic carbocycles. The second kappa shape index (κ2) is 14.9. The molecule has 0 fully saturated rings. The number of nitriles is 1. The van der Waals surface area contributed by atoms with E-state index in [1.54, 1.807) is 50.2 Å². The molecule has 2 heterocycles. The molecule has 1 amide bonds. The highest BCUT2D eigenvalue weighted by Gasteiger charge is 2.40. The lowest BCUT2D eigenvalue weighted by atomic mass is 10.0. The van der Waals surface area contributed by atoms with Gasteiger partial charge in [0.2, 0.25) is 6.79 Å². The summed E-state index contributed by atoms with van der Waals surface area (Å²) in [4.78, 5) is 16.7. The molecule has 240 valence electrons. The minimum absolute atomic E-state index is 0.0387. The number of rotatable bonds is 15. The number of hydrogen-bond acceptors (Lipinski definition) is 10. The van der Waals surface area contributed by atoms with Gasteiger partial charge < -0.3 is 29.7 Å². The molecule has 2 atom stereocenters. The van der Waals surface area contributed by atoms with Crippen molar-refractivity contribution in [1.29, 1.82) is 5.26 Å². The van der Waals surface area contributed by atoms with E-state index in [1.807, 2.05) is 6.07 Å². The van der Waals surface area contributed by atoms with Gasteiger partial charge in [0.05, 0.1) is 29.2 Å². The highest BCUT2D eigenvalue weighted by atomic mass is 32.2. The van der Waals surface area contributed by atoms with Crippen LogP contribution in [-0.2, 0) is 16.4 Å². The maximum Gasteiger partial charge on any atom is 0.423 e. The molecule has 2 aromatic carbocycles. The second-order valence-electron chi connectivity index (χ2n) is 10.9. The molecule has 0 saturated carbocycles. The van der Waals surface area contributed by atoms with Crippen molar-refractivity contribution in [2.45, 2.75) is 50.7 Å². The molecule has 4 rings (SSSR count). The van der Waals surface area contributed by atoms with E-state index in [4.69, 9.17) is 19.5 Å². The molecular formula is C31H37N5O8S. The van der Waals surface area contributed by atoms with Crippen LogP contribution in [0.25, 0.3) is 0 Å². The fraction of sp³-hybridized carbons (Fsp3) is 0.387. The van der Waals surface area contributed by atoms with Crippen LogP contribution in [0.2, 0.25) is 0 Å². The summed E-state index contributed by atoms with van der Waals surface area (Å²) in [7, 11) is -4.39. The zero-order chi connectivity index (χ0) is 32.6. The van der Waals surface area contributed by atoms with Gasteiger partial charge in [0.15, 0.2) is 11.5 Å². The first-order valence-corrected chi connectivity index (χ1v) is 15.9. The third-order valence-corrected chi connectivity index (χ3v) is 8.63. The molecule has 0 saturated heterocycles. The lowest BCUT2D eigenvalue weighted by Crippen LogP contribution is -2.58. The van der Waals surface area contributed by atoms with Crippen molar-refractivity contribution in [2.75, 3.05) is 31.8 Å². The van der Waals surface area contributed by atoms with Crippen LogP contribution in [0.15, 0.2) is 65.7 Å². The van der Waals surface area contributed by atoms with Crippen LogP contribution in [0.4, 0.5) is 10.6 Å². The summed E-state index contributed by atoms with van der Waals surface area (Å²) >= 11 is 0. The van der Waals surface area contributed by atoms with Gasteiger partial charge in [-0.3, -0.25) is 0 Å². The Morgan fingerprint density at radius 3 is 2.47 bits per heavy atom. The van der Waals surface area contributed by atoms with E-state index in [9.17, 15) is 23.4 Å². The summed E-state index contributed by atoms with van der Waals surface area (Å²) < 4.78 is 45.1. The molecule has 1 aliphatic heterocycles. The van der Waals surface area contributed by atoms with Crippen LogP contribution in [0.1, 0.15) is 38.3 Å². The van der Waals surface area contributed by atoms with E-state index in [2.05, 4.69) is 10.3 Å². The van der Waals surface area contributed by atoms with Crippen LogP contribution >= 0.6 is 0 Å². The van der Waals surface area contributed by atoms with Crippen molar-refractivity contribution < 1.29 is 37.6 Å². The van der Waals surface area contributed by atoms with Crippen LogP contribution in [0.3, 0.4) is 0 Å². The van der Waals surface area contributed by atoms with Gasteiger partial charge in [-0.2, -0.15) is 5.26 Å². The number of sulfonamides is 1. The van der Waals surface area contributed by atoms with Gasteiger partial charge in [0.1, 0.15) is 17.6 Å². The lowest BCUT2D eigenvalue weighted by molar-refractivity contribution is -0.0277. The Hall–Kier alpha value is -4.58. The van der Waals surface area contributed by atoms with Gasteiger partial charge in [0.25, 0.3) is 10.0 Å². The Bertz CT molecular complexity index is 1590. The predicted molar refractivity (Wildman–Crippen MR) is 164 cm³/mol. The number of aliphatic hydroxyl groups excluding tert-OH is 1. The Labute approximate surface area is 262 Å². The smallest absolute Gasteiger partial charge is 0.423 e. The van der Waals surface area contributed by atoms with Crippen molar-refractivity contribution in [3.8, 4) is 23.3 Å². The van der Waals surface area contributed by atoms with Crippen molar-refractivity contribution >= 4 is 21.9 Å². The van der Waals surface area contributed by atoms with E-state index < -0.39 is 28.3 Å². The zero-order valence-electron chi connectivity index (χ0n) is 25.3. The Morgan fingerprint density at radius 1 is 1.11 bits per heavy atom. The predicted octanol–water partition coefficient (Wildman–Crippen LogP) is 4.10. The summed E-state index contributed by atoms with van der Waals surface area (Å²) in [6.45, 7) is 5.83. The number of benzene rings is 2. The van der Waals surface area contributed by atoms with Gasteiger partial charge in [0, 0.05) is 25.4 Å². The van der Waals surface area contributed by atoms with Crippen LogP contribution in [-0.4, -0.2) is 77.8 Å². The number of ether oxygens (including phenoxy) is 3. The fourth-order valence-corrected chi connectivity index (χ4v) is 6.30. The fourth-order valence-electron chi connectivity index (χ4n) is 4.64. The number of hydrogen-bond donors (Lipinski definition) is 3. The minimum atomic E-state index is -4.39. The minimum Gasteiger partial charge on any atom is -0.494 e. The lowest BCUT2D eigenvalue weighted by Gasteiger charge is -2.39. The first-order chi connectivity index (χ1) is 21.5. The largest absolute Gasteiger partial charge is 0.494 e. The number of carboxylic acid groups (broad SMARTS) is 1. The molecule has 0 radical (unpaired) electrons. The number of hydrazine groups is 1. The average Bonchev–Trinajstić information content (AvgIpc) is 3.49. The summed E-state index contributed by atoms with van der Waals surface area (Å²) in [5.41, 5.74) is 1.17. The normalized spacial score (nSPS) is 13.7. The number of amides is 1. The maximum atomic E-state index is 13.9. The van der Waals surface area contributed by atoms with Gasteiger partial charge in [-0.15, -0.1) is 4.41 Å². The van der Waals surface area contributed by atoms with E-state index in [0.717, 1.165) is 4.41 Å². The third-order valence-electron chi connectivity index (χ3n) is 6.90. The molecule has 45 heavy (non-hydrogen) atoms. The van der Waals surface area contributed by atoms with Gasteiger partial charge in [-0.05, 0) is 67.6 Å². The van der Waals surface area contributed by atoms with Gasteiger partial charge in [-0.25, -0.2) is 23.2 Å². The summed E-state index contributed by atoms with van der Waals surface area (Å²) in [5, 5.41) is 33.8. The number of aliphatic hydroxyl groups is 1. The standard InChI is InChI=1S/C31H37N5O8S/c1-21(2)19-35(45(40,41)26-10-11-28-29(16-26)44-20-43-28)36(31(38)39)27(22(3)37)15-23-5-8-25(9-6-23)42-14-4-13-33-30-12-7-24(17-32)18-34-30/h5-12,16,18,21-22,27,37H,4,13-15,19-20H2,1-3H3,(H,33,34)(H,38,39). The molecule has 2 unspecified atom stereocenters. The summed E-state index contributed by atoms with van der Waals surface area (Å²) in [6, 6.07) is 15.4. The first-order valence-electron chi connectivity index (χ1n) is 14.4. The molecule has 13 nitrogen and oxygen atoms in total. The first kappa shape index (κ1) is 33.3. The molecule has 1 aromatic heterocycles. The van der Waals surface area contributed by atoms with Gasteiger partial charge in [-0.1, -0.05) is 26.0 Å². The SMILES string of the molecule is CC(C)CN(N(C(=O)O)C(Cc1ccc(OCCCNc2ccc(C#N)cn2)cc1)C(C)O)S(=O)(=O)c1ccc2c(c1)OCO2. The van der Waals surface area contributed by atoms with Crippen molar-refractivity contribution in [2.24, 2.45) is 5.92 Å². The molecule has 0 bridgehead atoms. The molecule has 1 aliphatic rings. The number of pyridine rings is 1. The van der Waals surface area contributed by atoms with Gasteiger partial charge >= 0.3 is 6.09 Å². The highest BCUT2D eigenvalue weighted by Crippen LogP contribution is 2.35. The van der Waals surface area contributed by atoms with E-state index in [-0.39, 0.29) is 36.3 Å². The number of aromatic nitrogens is 1. The molecule has 3 N–H and O–H groups in total. The third kappa shape index (κ3) is 8.53. The molecular weight excluding hydrogens is 602 g/mol. The average molecular weight is 640 g/mol. The van der Waals surface area contributed by atoms with E-state index >= 15 is 0 Å². The van der Waals surface area contributed by atoms with Crippen LogP contribution in [0, 0.1) is 17.2 Å². The van der Waals surface area contributed by atoms with E-state index in [0.29, 0.717) is 53.0 Å². The van der Waals surface area contributed by atoms with Crippen LogP contribution in [0.5, 0.6) is 17.2 Å². The maximum absolute atomic E-state index is 13.9. The number of carbonyl (C=O) groups is 1. The van der Waals surface area contributed by atoms with Crippen LogP contribution < -0.4 is 19.5 Å². The van der Waals surface area contributed by atoms with E-state index in [1.165, 1.54) is 31.3 Å². The van der Waals surface area contributed by atoms with Crippen molar-refractivity contribution in [3.63, 3.8) is 0 Å². The molecule has 3 aromatic rings. The number of anilines is 1. The Morgan fingerprint density at radius 2 is 1.84 bits per heavy atom. The quantitative estimate of drug-likeness (QED) is 0.161. The number of nitrogens with zero attached hydrogens (tertiary/aromatic N) is 4. The topological polar surface area (TPSA) is 175 Å². The van der Waals surface area contributed by atoms with Crippen molar-refractivity contribution in [1.82, 2.24) is 14.4 Å². The van der Waals surface area contributed by atoms with Crippen molar-refractivity contribution in [3.05, 3.63) is 71.9 Å². The molecule has 0 spiro atoms. The summed E-state index contributed by atoms with van der Waals surface area (Å²) in [6.07, 6.45) is -0.507.